The molecule has 4 aliphatic carbocycles. The first-order chi connectivity index (χ1) is 10.9. The zero-order valence-electron chi connectivity index (χ0n) is 14.5. The Morgan fingerprint density at radius 1 is 1.09 bits per heavy atom. The minimum Gasteiger partial charge on any atom is -0.393 e. The number of ketones is 1. The van der Waals surface area contributed by atoms with Crippen molar-refractivity contribution in [1.82, 2.24) is 0 Å². The summed E-state index contributed by atoms with van der Waals surface area (Å²) < 4.78 is 6.22. The third-order valence-electron chi connectivity index (χ3n) is 9.10. The van der Waals surface area contributed by atoms with Crippen LogP contribution in [0.4, 0.5) is 0 Å². The Bertz CT molecular complexity index is 545. The van der Waals surface area contributed by atoms with Gasteiger partial charge in [0.25, 0.3) is 0 Å². The van der Waals surface area contributed by atoms with E-state index in [-0.39, 0.29) is 11.5 Å². The van der Waals surface area contributed by atoms with E-state index < -0.39 is 0 Å². The maximum absolute atomic E-state index is 12.5. The highest BCUT2D eigenvalue weighted by Gasteiger charge is 2.65. The average molecular weight is 318 g/mol. The van der Waals surface area contributed by atoms with Crippen LogP contribution in [-0.4, -0.2) is 29.7 Å². The van der Waals surface area contributed by atoms with E-state index in [1.165, 1.54) is 6.42 Å². The number of aliphatic hydroxyl groups excluding tert-OH is 1. The van der Waals surface area contributed by atoms with Gasteiger partial charge < -0.3 is 9.84 Å². The Hall–Kier alpha value is -0.410. The summed E-state index contributed by atoms with van der Waals surface area (Å²) in [6.07, 6.45) is 7.63. The molecule has 1 heterocycles. The Labute approximate surface area is 139 Å². The van der Waals surface area contributed by atoms with Crippen LogP contribution in [0.25, 0.3) is 0 Å². The summed E-state index contributed by atoms with van der Waals surface area (Å²) in [4.78, 5) is 12.5. The van der Waals surface area contributed by atoms with E-state index in [2.05, 4.69) is 13.8 Å². The highest BCUT2D eigenvalue weighted by molar-refractivity contribution is 5.87. The molecule has 3 heteroatoms. The zero-order chi connectivity index (χ0) is 16.0. The molecule has 23 heavy (non-hydrogen) atoms. The molecule has 1 aliphatic heterocycles. The van der Waals surface area contributed by atoms with Gasteiger partial charge in [0.2, 0.25) is 0 Å². The summed E-state index contributed by atoms with van der Waals surface area (Å²) >= 11 is 0. The molecule has 0 bridgehead atoms. The third kappa shape index (κ3) is 1.71. The van der Waals surface area contributed by atoms with Crippen LogP contribution in [0.3, 0.4) is 0 Å². The lowest BCUT2D eigenvalue weighted by atomic mass is 9.43. The van der Waals surface area contributed by atoms with Gasteiger partial charge in [0.15, 0.2) is 0 Å². The Morgan fingerprint density at radius 2 is 1.91 bits per heavy atom. The summed E-state index contributed by atoms with van der Waals surface area (Å²) in [7, 11) is 0. The van der Waals surface area contributed by atoms with E-state index in [1.807, 2.05) is 0 Å². The lowest BCUT2D eigenvalue weighted by Crippen LogP contribution is -2.59. The van der Waals surface area contributed by atoms with Gasteiger partial charge in [-0.25, -0.2) is 0 Å². The van der Waals surface area contributed by atoms with E-state index >= 15 is 0 Å². The first-order valence-electron chi connectivity index (χ1n) is 9.78. The predicted octanol–water partition coefficient (Wildman–Crippen LogP) is 3.19. The van der Waals surface area contributed by atoms with Crippen molar-refractivity contribution in [3.63, 3.8) is 0 Å². The highest BCUT2D eigenvalue weighted by atomic mass is 16.5. The van der Waals surface area contributed by atoms with E-state index in [0.29, 0.717) is 41.0 Å². The van der Waals surface area contributed by atoms with Crippen molar-refractivity contribution in [1.29, 1.82) is 0 Å². The number of hydrogen-bond donors (Lipinski definition) is 1. The second-order valence-electron chi connectivity index (χ2n) is 9.70. The molecule has 3 nitrogen and oxygen atoms in total. The maximum atomic E-state index is 12.5. The number of ether oxygens (including phenoxy) is 1. The fourth-order valence-corrected chi connectivity index (χ4v) is 7.94. The molecule has 128 valence electrons. The van der Waals surface area contributed by atoms with Crippen LogP contribution in [-0.2, 0) is 9.53 Å². The van der Waals surface area contributed by atoms with E-state index in [1.54, 1.807) is 0 Å². The topological polar surface area (TPSA) is 46.5 Å². The molecule has 0 aromatic carbocycles. The second-order valence-corrected chi connectivity index (χ2v) is 9.70. The van der Waals surface area contributed by atoms with Gasteiger partial charge in [0.05, 0.1) is 18.8 Å². The lowest BCUT2D eigenvalue weighted by Gasteiger charge is -2.61. The van der Waals surface area contributed by atoms with Crippen LogP contribution < -0.4 is 0 Å². The molecule has 0 aromatic heterocycles. The third-order valence-corrected chi connectivity index (χ3v) is 9.10. The normalized spacial score (nSPS) is 61.0. The van der Waals surface area contributed by atoms with Gasteiger partial charge >= 0.3 is 0 Å². The number of rotatable bonds is 0. The van der Waals surface area contributed by atoms with Crippen molar-refractivity contribution < 1.29 is 14.6 Å². The van der Waals surface area contributed by atoms with Crippen molar-refractivity contribution in [2.45, 2.75) is 71.0 Å². The number of carbonyl (C=O) groups is 1. The molecular formula is C20H30O3. The summed E-state index contributed by atoms with van der Waals surface area (Å²) in [6.45, 7) is 5.50. The van der Waals surface area contributed by atoms with Crippen molar-refractivity contribution >= 4 is 5.78 Å². The van der Waals surface area contributed by atoms with E-state index in [4.69, 9.17) is 4.74 Å². The standard InChI is InChI=1S/C20H30O3/c1-19-7-5-14-11(13(19)3-4-17(19)22)9-16-18-12(10-23-16)15(21)6-8-20(14,18)2/h11-16,18,21H,3-10H2,1-2H3/t11-,12-,13-,14-,15-,16+,18+,19-,20+/m0/s1. The summed E-state index contributed by atoms with van der Waals surface area (Å²) in [5.41, 5.74) is 0.275. The molecule has 0 spiro atoms. The van der Waals surface area contributed by atoms with Crippen molar-refractivity contribution in [2.24, 2.45) is 40.4 Å². The minimum atomic E-state index is -0.156. The first-order valence-corrected chi connectivity index (χ1v) is 9.78. The monoisotopic (exact) mass is 318 g/mol. The maximum Gasteiger partial charge on any atom is 0.139 e. The van der Waals surface area contributed by atoms with Gasteiger partial charge in [-0.3, -0.25) is 4.79 Å². The summed E-state index contributed by atoms with van der Waals surface area (Å²) in [6, 6.07) is 0. The molecule has 5 aliphatic rings. The molecule has 4 saturated carbocycles. The van der Waals surface area contributed by atoms with Crippen LogP contribution in [0.2, 0.25) is 0 Å². The van der Waals surface area contributed by atoms with Gasteiger partial charge in [0, 0.05) is 17.8 Å². The van der Waals surface area contributed by atoms with Crippen molar-refractivity contribution in [2.75, 3.05) is 6.61 Å². The molecule has 1 saturated heterocycles. The quantitative estimate of drug-likeness (QED) is 0.746. The molecule has 0 unspecified atom stereocenters. The Kier molecular flexibility index (Phi) is 2.98. The molecular weight excluding hydrogens is 288 g/mol. The summed E-state index contributed by atoms with van der Waals surface area (Å²) in [5, 5.41) is 10.4. The first kappa shape index (κ1) is 14.9. The Morgan fingerprint density at radius 3 is 2.74 bits per heavy atom. The molecule has 0 amide bonds. The van der Waals surface area contributed by atoms with Crippen LogP contribution in [0.1, 0.15) is 58.8 Å². The van der Waals surface area contributed by atoms with Gasteiger partial charge in [0.1, 0.15) is 5.78 Å². The van der Waals surface area contributed by atoms with E-state index in [9.17, 15) is 9.90 Å². The molecule has 5 fully saturated rings. The van der Waals surface area contributed by atoms with Crippen LogP contribution >= 0.6 is 0 Å². The number of fused-ring (bicyclic) bond motifs is 4. The number of Topliss-reactive ketones (excluding diaryl/α,β-unsaturated/α-hetero) is 1. The van der Waals surface area contributed by atoms with Crippen LogP contribution in [0.15, 0.2) is 0 Å². The number of hydrogen-bond acceptors (Lipinski definition) is 3. The smallest absolute Gasteiger partial charge is 0.139 e. The number of carbonyl (C=O) groups excluding carboxylic acids is 1. The van der Waals surface area contributed by atoms with Gasteiger partial charge in [-0.15, -0.1) is 0 Å². The molecule has 9 atom stereocenters. The highest BCUT2D eigenvalue weighted by Crippen LogP contribution is 2.67. The van der Waals surface area contributed by atoms with Crippen molar-refractivity contribution in [3.05, 3.63) is 0 Å². The average Bonchev–Trinajstić information content (AvgIpc) is 3.08. The molecule has 1 N–H and O–H groups in total. The Balaban J connectivity index is 1.54. The summed E-state index contributed by atoms with van der Waals surface area (Å²) in [5.74, 6) is 3.43. The largest absolute Gasteiger partial charge is 0.393 e. The fraction of sp³-hybridized carbons (Fsp3) is 0.950. The van der Waals surface area contributed by atoms with Crippen LogP contribution in [0.5, 0.6) is 0 Å². The fourth-order valence-electron chi connectivity index (χ4n) is 7.94. The second kappa shape index (κ2) is 4.60. The molecule has 5 rings (SSSR count). The van der Waals surface area contributed by atoms with Gasteiger partial charge in [-0.05, 0) is 67.6 Å². The number of aliphatic hydroxyl groups is 1. The van der Waals surface area contributed by atoms with Crippen LogP contribution in [0, 0.1) is 40.4 Å². The van der Waals surface area contributed by atoms with E-state index in [0.717, 1.165) is 51.0 Å². The zero-order valence-corrected chi connectivity index (χ0v) is 14.5. The van der Waals surface area contributed by atoms with Crippen molar-refractivity contribution in [3.8, 4) is 0 Å². The van der Waals surface area contributed by atoms with Gasteiger partial charge in [-0.1, -0.05) is 13.8 Å². The van der Waals surface area contributed by atoms with Gasteiger partial charge in [-0.2, -0.15) is 0 Å². The predicted molar refractivity (Wildman–Crippen MR) is 86.7 cm³/mol. The minimum absolute atomic E-state index is 0.0451. The molecule has 0 aromatic rings. The SMILES string of the molecule is C[C@@]12CC[C@H](O)[C@@H]3CO[C@H](C[C@@H]4[C@@H]1CC[C@]1(C)C(=O)CC[C@@H]41)[C@@H]32. The lowest BCUT2D eigenvalue weighted by molar-refractivity contribution is -0.159. The molecule has 0 radical (unpaired) electrons.